The van der Waals surface area contributed by atoms with Gasteiger partial charge in [0.1, 0.15) is 16.4 Å². The van der Waals surface area contributed by atoms with Crippen molar-refractivity contribution in [2.24, 2.45) is 0 Å². The van der Waals surface area contributed by atoms with Crippen LogP contribution in [0.5, 0.6) is 11.5 Å². The van der Waals surface area contributed by atoms with Gasteiger partial charge in [-0.2, -0.15) is 0 Å². The van der Waals surface area contributed by atoms with Gasteiger partial charge in [-0.15, -0.1) is 0 Å². The van der Waals surface area contributed by atoms with Gasteiger partial charge in [-0.1, -0.05) is 0 Å². The highest BCUT2D eigenvalue weighted by atomic mass is 32.2. The summed E-state index contributed by atoms with van der Waals surface area (Å²) < 4.78 is 47.7. The Bertz CT molecular complexity index is 601. The Labute approximate surface area is 121 Å². The standard InChI is InChI=1S/C11H18N2O5S2/c1-17-9-7-10(18-2)11(6-8(9)12)20(15,16)13-4-5-19(3)14/h6-7,13H,4-5,12H2,1-3H3. The molecule has 20 heavy (non-hydrogen) atoms. The molecule has 114 valence electrons. The van der Waals surface area contributed by atoms with Crippen LogP contribution in [0.4, 0.5) is 5.69 Å². The molecule has 0 spiro atoms. The highest BCUT2D eigenvalue weighted by Gasteiger charge is 2.21. The third-order valence-corrected chi connectivity index (χ3v) is 4.75. The number of methoxy groups -OCH3 is 2. The Morgan fingerprint density at radius 1 is 1.25 bits per heavy atom. The molecule has 3 N–H and O–H groups in total. The lowest BCUT2D eigenvalue weighted by Gasteiger charge is -2.13. The number of anilines is 1. The summed E-state index contributed by atoms with van der Waals surface area (Å²) in [6.07, 6.45) is 1.50. The van der Waals surface area contributed by atoms with E-state index >= 15 is 0 Å². The highest BCUT2D eigenvalue weighted by molar-refractivity contribution is 7.89. The van der Waals surface area contributed by atoms with Gasteiger partial charge in [0, 0.05) is 35.4 Å². The lowest BCUT2D eigenvalue weighted by Crippen LogP contribution is -2.28. The largest absolute Gasteiger partial charge is 0.495 e. The SMILES string of the molecule is COc1cc(OC)c(S(=O)(=O)NCCS(C)=O)cc1N. The lowest BCUT2D eigenvalue weighted by atomic mass is 10.3. The molecule has 0 saturated heterocycles. The average molecular weight is 322 g/mol. The number of sulfonamides is 1. The number of hydrogen-bond donors (Lipinski definition) is 2. The molecule has 1 aromatic rings. The first-order chi connectivity index (χ1) is 9.31. The predicted octanol–water partition coefficient (Wildman–Crippen LogP) is -0.0572. The molecule has 0 heterocycles. The first-order valence-corrected chi connectivity index (χ1v) is 8.84. The second-order valence-corrected chi connectivity index (χ2v) is 7.21. The fourth-order valence-corrected chi connectivity index (χ4v) is 3.24. The smallest absolute Gasteiger partial charge is 0.244 e. The zero-order chi connectivity index (χ0) is 15.3. The number of nitrogens with one attached hydrogen (secondary N) is 1. The van der Waals surface area contributed by atoms with E-state index in [4.69, 9.17) is 15.2 Å². The molecule has 1 aromatic carbocycles. The van der Waals surface area contributed by atoms with E-state index in [-0.39, 0.29) is 28.6 Å². The van der Waals surface area contributed by atoms with E-state index < -0.39 is 20.8 Å². The van der Waals surface area contributed by atoms with Crippen LogP contribution in [0.15, 0.2) is 17.0 Å². The van der Waals surface area contributed by atoms with Gasteiger partial charge in [0.25, 0.3) is 0 Å². The maximum atomic E-state index is 12.2. The number of rotatable bonds is 7. The van der Waals surface area contributed by atoms with E-state index in [9.17, 15) is 12.6 Å². The Morgan fingerprint density at radius 2 is 1.85 bits per heavy atom. The topological polar surface area (TPSA) is 108 Å². The van der Waals surface area contributed by atoms with E-state index in [1.54, 1.807) is 0 Å². The van der Waals surface area contributed by atoms with Crippen molar-refractivity contribution in [2.75, 3.05) is 38.5 Å². The highest BCUT2D eigenvalue weighted by Crippen LogP contribution is 2.33. The van der Waals surface area contributed by atoms with Crippen molar-refractivity contribution in [3.05, 3.63) is 12.1 Å². The first-order valence-electron chi connectivity index (χ1n) is 5.63. The third-order valence-electron chi connectivity index (χ3n) is 2.49. The van der Waals surface area contributed by atoms with Gasteiger partial charge in [0.05, 0.1) is 19.9 Å². The second-order valence-electron chi connectivity index (χ2n) is 3.92. The lowest BCUT2D eigenvalue weighted by molar-refractivity contribution is 0.387. The number of nitrogen functional groups attached to an aromatic ring is 1. The summed E-state index contributed by atoms with van der Waals surface area (Å²) >= 11 is 0. The van der Waals surface area contributed by atoms with Crippen LogP contribution in [-0.2, 0) is 20.8 Å². The molecular weight excluding hydrogens is 304 g/mol. The minimum absolute atomic E-state index is 0.0700. The van der Waals surface area contributed by atoms with Crippen molar-refractivity contribution in [1.82, 2.24) is 4.72 Å². The number of nitrogens with two attached hydrogens (primary N) is 1. The molecule has 0 saturated carbocycles. The van der Waals surface area contributed by atoms with Crippen LogP contribution in [0.2, 0.25) is 0 Å². The fourth-order valence-electron chi connectivity index (χ4n) is 1.50. The second kappa shape index (κ2) is 6.91. The van der Waals surface area contributed by atoms with Crippen LogP contribution in [0.1, 0.15) is 0 Å². The molecule has 0 aliphatic rings. The molecular formula is C11H18N2O5S2. The molecule has 1 atom stereocenters. The maximum Gasteiger partial charge on any atom is 0.244 e. The normalized spacial score (nSPS) is 12.9. The molecule has 7 nitrogen and oxygen atoms in total. The Hall–Kier alpha value is -1.32. The van der Waals surface area contributed by atoms with Gasteiger partial charge in [0.15, 0.2) is 0 Å². The minimum Gasteiger partial charge on any atom is -0.495 e. The Balaban J connectivity index is 3.10. The van der Waals surface area contributed by atoms with Crippen LogP contribution >= 0.6 is 0 Å². The molecule has 0 bridgehead atoms. The summed E-state index contributed by atoms with van der Waals surface area (Å²) in [6.45, 7) is 0.0700. The fraction of sp³-hybridized carbons (Fsp3) is 0.455. The number of benzene rings is 1. The summed E-state index contributed by atoms with van der Waals surface area (Å²) in [5.41, 5.74) is 5.90. The van der Waals surface area contributed by atoms with Crippen molar-refractivity contribution in [3.8, 4) is 11.5 Å². The van der Waals surface area contributed by atoms with Gasteiger partial charge >= 0.3 is 0 Å². The zero-order valence-corrected chi connectivity index (χ0v) is 13.1. The van der Waals surface area contributed by atoms with E-state index in [0.717, 1.165) is 0 Å². The molecule has 1 unspecified atom stereocenters. The maximum absolute atomic E-state index is 12.2. The van der Waals surface area contributed by atoms with Gasteiger partial charge in [-0.25, -0.2) is 13.1 Å². The summed E-state index contributed by atoms with van der Waals surface area (Å²) in [5, 5.41) is 0. The van der Waals surface area contributed by atoms with Crippen molar-refractivity contribution in [1.29, 1.82) is 0 Å². The van der Waals surface area contributed by atoms with Crippen molar-refractivity contribution in [3.63, 3.8) is 0 Å². The summed E-state index contributed by atoms with van der Waals surface area (Å²) in [6, 6.07) is 2.67. The van der Waals surface area contributed by atoms with Gasteiger partial charge in [-0.05, 0) is 6.07 Å². The van der Waals surface area contributed by atoms with Crippen LogP contribution < -0.4 is 19.9 Å². The van der Waals surface area contributed by atoms with Crippen LogP contribution in [-0.4, -0.2) is 45.4 Å². The molecule has 9 heteroatoms. The first kappa shape index (κ1) is 16.7. The minimum atomic E-state index is -3.79. The molecule has 0 aromatic heterocycles. The monoisotopic (exact) mass is 322 g/mol. The quantitative estimate of drug-likeness (QED) is 0.681. The molecule has 1 rings (SSSR count). The average Bonchev–Trinajstić information content (AvgIpc) is 2.37. The Kier molecular flexibility index (Phi) is 5.78. The van der Waals surface area contributed by atoms with E-state index in [2.05, 4.69) is 4.72 Å². The summed E-state index contributed by atoms with van der Waals surface area (Å²) in [4.78, 5) is -0.0832. The molecule has 0 fully saturated rings. The van der Waals surface area contributed by atoms with Crippen LogP contribution in [0, 0.1) is 0 Å². The number of hydrogen-bond acceptors (Lipinski definition) is 6. The van der Waals surface area contributed by atoms with E-state index in [1.165, 1.54) is 32.6 Å². The molecule has 0 radical (unpaired) electrons. The Morgan fingerprint density at radius 3 is 2.35 bits per heavy atom. The van der Waals surface area contributed by atoms with Crippen LogP contribution in [0.25, 0.3) is 0 Å². The molecule has 0 aliphatic carbocycles. The van der Waals surface area contributed by atoms with Crippen molar-refractivity contribution < 1.29 is 22.1 Å². The van der Waals surface area contributed by atoms with Crippen LogP contribution in [0.3, 0.4) is 0 Å². The van der Waals surface area contributed by atoms with Crippen molar-refractivity contribution >= 4 is 26.5 Å². The van der Waals surface area contributed by atoms with Gasteiger partial charge < -0.3 is 15.2 Å². The number of ether oxygens (including phenoxy) is 2. The third kappa shape index (κ3) is 4.09. The van der Waals surface area contributed by atoms with E-state index in [0.29, 0.717) is 5.75 Å². The zero-order valence-electron chi connectivity index (χ0n) is 11.5. The molecule has 0 amide bonds. The van der Waals surface area contributed by atoms with Gasteiger partial charge in [-0.3, -0.25) is 4.21 Å². The summed E-state index contributed by atoms with van der Waals surface area (Å²) in [7, 11) is -2.09. The van der Waals surface area contributed by atoms with Gasteiger partial charge in [0.2, 0.25) is 10.0 Å². The summed E-state index contributed by atoms with van der Waals surface area (Å²) in [5.74, 6) is 0.685. The predicted molar refractivity (Wildman–Crippen MR) is 78.1 cm³/mol. The van der Waals surface area contributed by atoms with Crippen molar-refractivity contribution in [2.45, 2.75) is 4.90 Å². The van der Waals surface area contributed by atoms with E-state index in [1.807, 2.05) is 0 Å². The molecule has 0 aliphatic heterocycles.